The Labute approximate surface area is 127 Å². The van der Waals surface area contributed by atoms with E-state index >= 15 is 0 Å². The molecule has 2 saturated carbocycles. The minimum Gasteiger partial charge on any atom is -0.313 e. The molecule has 0 heterocycles. The van der Waals surface area contributed by atoms with Gasteiger partial charge in [0.05, 0.1) is 0 Å². The van der Waals surface area contributed by atoms with Crippen LogP contribution in [0.3, 0.4) is 0 Å². The molecule has 0 spiro atoms. The van der Waals surface area contributed by atoms with E-state index < -0.39 is 0 Å². The predicted octanol–water partition coefficient (Wildman–Crippen LogP) is 4.84. The first kappa shape index (κ1) is 13.3. The third kappa shape index (κ3) is 2.10. The number of rotatable bonds is 3. The topological polar surface area (TPSA) is 12.0 Å². The van der Waals surface area contributed by atoms with Gasteiger partial charge in [0.1, 0.15) is 0 Å². The lowest BCUT2D eigenvalue weighted by Gasteiger charge is -2.31. The fourth-order valence-electron chi connectivity index (χ4n) is 5.05. The van der Waals surface area contributed by atoms with Gasteiger partial charge in [0.15, 0.2) is 0 Å². The third-order valence-electron chi connectivity index (χ3n) is 6.04. The molecule has 2 aromatic rings. The molecule has 0 aliphatic heterocycles. The number of aryl methyl sites for hydroxylation is 1. The van der Waals surface area contributed by atoms with Crippen molar-refractivity contribution in [2.24, 2.45) is 17.8 Å². The molecule has 1 N–H and O–H groups in total. The molecule has 0 amide bonds. The van der Waals surface area contributed by atoms with Crippen LogP contribution in [0.25, 0.3) is 10.8 Å². The van der Waals surface area contributed by atoms with Crippen LogP contribution in [0.4, 0.5) is 0 Å². The second kappa shape index (κ2) is 5.14. The van der Waals surface area contributed by atoms with Crippen LogP contribution in [-0.2, 0) is 0 Å². The van der Waals surface area contributed by atoms with E-state index in [1.54, 1.807) is 0 Å². The predicted molar refractivity (Wildman–Crippen MR) is 89.4 cm³/mol. The van der Waals surface area contributed by atoms with Crippen LogP contribution in [-0.4, -0.2) is 7.05 Å². The summed E-state index contributed by atoms with van der Waals surface area (Å²) in [6.07, 6.45) is 5.84. The van der Waals surface area contributed by atoms with Crippen molar-refractivity contribution in [3.05, 3.63) is 47.5 Å². The maximum absolute atomic E-state index is 3.66. The van der Waals surface area contributed by atoms with E-state index in [2.05, 4.69) is 55.7 Å². The van der Waals surface area contributed by atoms with Gasteiger partial charge in [-0.15, -0.1) is 0 Å². The Bertz CT molecular complexity index is 660. The molecule has 4 unspecified atom stereocenters. The van der Waals surface area contributed by atoms with Crippen LogP contribution in [0, 0.1) is 24.7 Å². The molecule has 2 aliphatic rings. The minimum absolute atomic E-state index is 0.519. The second-order valence-corrected chi connectivity index (χ2v) is 7.12. The fraction of sp³-hybridized carbons (Fsp3) is 0.500. The Morgan fingerprint density at radius 1 is 1.00 bits per heavy atom. The summed E-state index contributed by atoms with van der Waals surface area (Å²) >= 11 is 0. The Morgan fingerprint density at radius 3 is 2.48 bits per heavy atom. The molecule has 4 atom stereocenters. The van der Waals surface area contributed by atoms with Crippen LogP contribution in [0.15, 0.2) is 36.4 Å². The van der Waals surface area contributed by atoms with E-state index in [4.69, 9.17) is 0 Å². The summed E-state index contributed by atoms with van der Waals surface area (Å²) in [6.45, 7) is 2.22. The molecule has 0 saturated heterocycles. The van der Waals surface area contributed by atoms with Gasteiger partial charge in [-0.3, -0.25) is 0 Å². The van der Waals surface area contributed by atoms with E-state index in [9.17, 15) is 0 Å². The van der Waals surface area contributed by atoms with Gasteiger partial charge in [-0.25, -0.2) is 0 Å². The molecule has 2 aliphatic carbocycles. The average Bonchev–Trinajstić information content (AvgIpc) is 3.14. The standard InChI is InChI=1S/C20H25N/c1-13-7-10-18(17-6-4-3-5-16(13)17)20(21-2)19-12-14-8-9-15(19)11-14/h3-7,10,14-15,19-21H,8-9,11-12H2,1-2H3. The van der Waals surface area contributed by atoms with Gasteiger partial charge in [0.25, 0.3) is 0 Å². The van der Waals surface area contributed by atoms with Gasteiger partial charge in [0.2, 0.25) is 0 Å². The summed E-state index contributed by atoms with van der Waals surface area (Å²) in [4.78, 5) is 0. The molecular formula is C20H25N. The maximum atomic E-state index is 3.66. The lowest BCUT2D eigenvalue weighted by molar-refractivity contribution is 0.260. The first-order chi connectivity index (χ1) is 10.3. The Morgan fingerprint density at radius 2 is 1.81 bits per heavy atom. The highest BCUT2D eigenvalue weighted by Crippen LogP contribution is 2.53. The Hall–Kier alpha value is -1.34. The highest BCUT2D eigenvalue weighted by atomic mass is 14.9. The van der Waals surface area contributed by atoms with Gasteiger partial charge in [-0.05, 0) is 72.9 Å². The molecule has 110 valence electrons. The first-order valence-corrected chi connectivity index (χ1v) is 8.43. The highest BCUT2D eigenvalue weighted by molar-refractivity contribution is 5.89. The van der Waals surface area contributed by atoms with E-state index in [-0.39, 0.29) is 0 Å². The lowest BCUT2D eigenvalue weighted by Crippen LogP contribution is -2.29. The van der Waals surface area contributed by atoms with Gasteiger partial charge in [0, 0.05) is 6.04 Å². The van der Waals surface area contributed by atoms with E-state index in [0.29, 0.717) is 6.04 Å². The van der Waals surface area contributed by atoms with Gasteiger partial charge < -0.3 is 5.32 Å². The normalized spacial score (nSPS) is 29.1. The van der Waals surface area contributed by atoms with Crippen molar-refractivity contribution >= 4 is 10.8 Å². The molecule has 0 aromatic heterocycles. The molecule has 2 aromatic carbocycles. The van der Waals surface area contributed by atoms with Crippen LogP contribution in [0.2, 0.25) is 0 Å². The largest absolute Gasteiger partial charge is 0.313 e. The van der Waals surface area contributed by atoms with E-state index in [1.165, 1.54) is 47.6 Å². The van der Waals surface area contributed by atoms with Crippen LogP contribution in [0.5, 0.6) is 0 Å². The summed E-state index contributed by atoms with van der Waals surface area (Å²) in [5, 5.41) is 6.52. The molecule has 21 heavy (non-hydrogen) atoms. The van der Waals surface area contributed by atoms with E-state index in [0.717, 1.165) is 17.8 Å². The fourth-order valence-corrected chi connectivity index (χ4v) is 5.05. The smallest absolute Gasteiger partial charge is 0.0355 e. The quantitative estimate of drug-likeness (QED) is 0.847. The maximum Gasteiger partial charge on any atom is 0.0355 e. The third-order valence-corrected chi connectivity index (χ3v) is 6.04. The molecule has 2 bridgehead atoms. The molecular weight excluding hydrogens is 254 g/mol. The first-order valence-electron chi connectivity index (χ1n) is 8.43. The zero-order chi connectivity index (χ0) is 14.4. The monoisotopic (exact) mass is 279 g/mol. The lowest BCUT2D eigenvalue weighted by atomic mass is 9.79. The Balaban J connectivity index is 1.79. The van der Waals surface area contributed by atoms with Gasteiger partial charge in [-0.1, -0.05) is 42.8 Å². The molecule has 0 radical (unpaired) electrons. The Kier molecular flexibility index (Phi) is 3.26. The zero-order valence-corrected chi connectivity index (χ0v) is 13.1. The van der Waals surface area contributed by atoms with Crippen LogP contribution >= 0.6 is 0 Å². The average molecular weight is 279 g/mol. The van der Waals surface area contributed by atoms with Crippen molar-refractivity contribution in [3.63, 3.8) is 0 Å². The highest BCUT2D eigenvalue weighted by Gasteiger charge is 2.43. The van der Waals surface area contributed by atoms with E-state index in [1.807, 2.05) is 0 Å². The molecule has 1 nitrogen and oxygen atoms in total. The summed E-state index contributed by atoms with van der Waals surface area (Å²) in [5.41, 5.74) is 2.90. The summed E-state index contributed by atoms with van der Waals surface area (Å²) < 4.78 is 0. The number of nitrogens with one attached hydrogen (secondary N) is 1. The summed E-state index contributed by atoms with van der Waals surface area (Å²) in [6, 6.07) is 14.1. The van der Waals surface area contributed by atoms with Crippen LogP contribution in [0.1, 0.15) is 42.9 Å². The second-order valence-electron chi connectivity index (χ2n) is 7.12. The van der Waals surface area contributed by atoms with Gasteiger partial charge in [-0.2, -0.15) is 0 Å². The zero-order valence-electron chi connectivity index (χ0n) is 13.1. The summed E-state index contributed by atoms with van der Waals surface area (Å²) in [7, 11) is 2.14. The molecule has 1 heteroatoms. The summed E-state index contributed by atoms with van der Waals surface area (Å²) in [5.74, 6) is 2.79. The van der Waals surface area contributed by atoms with Crippen molar-refractivity contribution in [3.8, 4) is 0 Å². The number of hydrogen-bond acceptors (Lipinski definition) is 1. The van der Waals surface area contributed by atoms with Crippen LogP contribution < -0.4 is 5.32 Å². The van der Waals surface area contributed by atoms with Gasteiger partial charge >= 0.3 is 0 Å². The molecule has 4 rings (SSSR count). The van der Waals surface area contributed by atoms with Crippen molar-refractivity contribution in [1.29, 1.82) is 0 Å². The van der Waals surface area contributed by atoms with Crippen molar-refractivity contribution in [2.45, 2.75) is 38.6 Å². The number of hydrogen-bond donors (Lipinski definition) is 1. The van der Waals surface area contributed by atoms with Crippen molar-refractivity contribution in [1.82, 2.24) is 5.32 Å². The number of fused-ring (bicyclic) bond motifs is 3. The minimum atomic E-state index is 0.519. The van der Waals surface area contributed by atoms with Crippen molar-refractivity contribution < 1.29 is 0 Å². The SMILES string of the molecule is CNC(c1ccc(C)c2ccccc12)C1CC2CCC1C2. The van der Waals surface area contributed by atoms with Crippen molar-refractivity contribution in [2.75, 3.05) is 7.05 Å². The number of benzene rings is 2. The molecule has 2 fully saturated rings.